The van der Waals surface area contributed by atoms with Crippen molar-refractivity contribution in [2.24, 2.45) is 5.92 Å². The Labute approximate surface area is 148 Å². The van der Waals surface area contributed by atoms with E-state index in [2.05, 4.69) is 48.4 Å². The van der Waals surface area contributed by atoms with Crippen LogP contribution in [0.3, 0.4) is 0 Å². The summed E-state index contributed by atoms with van der Waals surface area (Å²) < 4.78 is 0. The highest BCUT2D eigenvalue weighted by Crippen LogP contribution is 2.17. The van der Waals surface area contributed by atoms with Crippen molar-refractivity contribution >= 4 is 22.9 Å². The van der Waals surface area contributed by atoms with Crippen LogP contribution in [0.25, 0.3) is 17.0 Å². The zero-order chi connectivity index (χ0) is 17.6. The molecule has 0 unspecified atom stereocenters. The number of para-hydroxylation sites is 1. The van der Waals surface area contributed by atoms with Crippen molar-refractivity contribution in [3.05, 3.63) is 77.5 Å². The summed E-state index contributed by atoms with van der Waals surface area (Å²) in [6.45, 7) is 4.91. The minimum absolute atomic E-state index is 0.0285. The maximum Gasteiger partial charge on any atom is 0.251 e. The van der Waals surface area contributed by atoms with Crippen LogP contribution in [0, 0.1) is 5.92 Å². The van der Waals surface area contributed by atoms with E-state index in [9.17, 15) is 4.79 Å². The topological polar surface area (TPSA) is 44.9 Å². The van der Waals surface area contributed by atoms with Gasteiger partial charge >= 0.3 is 0 Å². The molecular formula is C22H24N2O. The second kappa shape index (κ2) is 7.84. The molecule has 0 bridgehead atoms. The molecule has 1 heterocycles. The van der Waals surface area contributed by atoms with Crippen molar-refractivity contribution in [1.29, 1.82) is 0 Å². The summed E-state index contributed by atoms with van der Waals surface area (Å²) in [6, 6.07) is 15.9. The van der Waals surface area contributed by atoms with Gasteiger partial charge in [-0.25, -0.2) is 0 Å². The molecule has 0 aliphatic heterocycles. The highest BCUT2D eigenvalue weighted by Gasteiger charge is 2.06. The number of hydrogen-bond acceptors (Lipinski definition) is 1. The van der Waals surface area contributed by atoms with Crippen molar-refractivity contribution in [2.75, 3.05) is 6.54 Å². The Morgan fingerprint density at radius 3 is 2.64 bits per heavy atom. The van der Waals surface area contributed by atoms with Gasteiger partial charge in [-0.2, -0.15) is 0 Å². The molecule has 0 saturated heterocycles. The number of allylic oxidation sites excluding steroid dienone is 1. The Morgan fingerprint density at radius 1 is 1.12 bits per heavy atom. The maximum absolute atomic E-state index is 12.3. The first-order valence-corrected chi connectivity index (χ1v) is 8.75. The van der Waals surface area contributed by atoms with Crippen LogP contribution in [0.1, 0.15) is 35.3 Å². The lowest BCUT2D eigenvalue weighted by molar-refractivity contribution is 0.0954. The predicted molar refractivity (Wildman–Crippen MR) is 105 cm³/mol. The van der Waals surface area contributed by atoms with Crippen LogP contribution in [-0.4, -0.2) is 17.4 Å². The molecule has 0 fully saturated rings. The quantitative estimate of drug-likeness (QED) is 0.668. The van der Waals surface area contributed by atoms with E-state index < -0.39 is 0 Å². The van der Waals surface area contributed by atoms with E-state index in [4.69, 9.17) is 0 Å². The minimum atomic E-state index is -0.0285. The van der Waals surface area contributed by atoms with Crippen molar-refractivity contribution < 1.29 is 4.79 Å². The summed E-state index contributed by atoms with van der Waals surface area (Å²) in [7, 11) is 0. The van der Waals surface area contributed by atoms with Crippen molar-refractivity contribution in [3.63, 3.8) is 0 Å². The number of amides is 1. The van der Waals surface area contributed by atoms with Gasteiger partial charge in [-0.05, 0) is 41.7 Å². The molecular weight excluding hydrogens is 308 g/mol. The Morgan fingerprint density at radius 2 is 1.88 bits per heavy atom. The molecule has 0 spiro atoms. The smallest absolute Gasteiger partial charge is 0.251 e. The van der Waals surface area contributed by atoms with Crippen LogP contribution in [0.5, 0.6) is 0 Å². The first-order valence-electron chi connectivity index (χ1n) is 8.75. The van der Waals surface area contributed by atoms with Crippen molar-refractivity contribution in [1.82, 2.24) is 10.3 Å². The van der Waals surface area contributed by atoms with Gasteiger partial charge in [0.25, 0.3) is 5.91 Å². The van der Waals surface area contributed by atoms with Gasteiger partial charge in [0.15, 0.2) is 0 Å². The van der Waals surface area contributed by atoms with Crippen LogP contribution < -0.4 is 5.32 Å². The lowest BCUT2D eigenvalue weighted by Crippen LogP contribution is -2.25. The van der Waals surface area contributed by atoms with Crippen molar-refractivity contribution in [3.8, 4) is 0 Å². The van der Waals surface area contributed by atoms with Gasteiger partial charge in [-0.3, -0.25) is 4.79 Å². The van der Waals surface area contributed by atoms with Crippen LogP contribution in [0.4, 0.5) is 0 Å². The molecule has 1 amide bonds. The number of carbonyl (C=O) groups excluding carboxylic acids is 1. The number of fused-ring (bicyclic) bond motifs is 1. The Balaban J connectivity index is 1.55. The molecule has 2 N–H and O–H groups in total. The standard InChI is InChI=1S/C22H24N2O/c1-16(2)7-8-17-9-11-18(12-10-17)22(25)23-14-13-19-15-24-21-6-4-3-5-20(19)21/h3-12,15-16,24H,13-14H2,1-2H3,(H,23,25). The summed E-state index contributed by atoms with van der Waals surface area (Å²) in [6.07, 6.45) is 7.07. The number of hydrogen-bond donors (Lipinski definition) is 2. The molecule has 3 rings (SSSR count). The summed E-state index contributed by atoms with van der Waals surface area (Å²) in [5.41, 5.74) is 4.17. The fraction of sp³-hybridized carbons (Fsp3) is 0.227. The summed E-state index contributed by atoms with van der Waals surface area (Å²) in [4.78, 5) is 15.5. The maximum atomic E-state index is 12.3. The second-order valence-electron chi connectivity index (χ2n) is 6.59. The van der Waals surface area contributed by atoms with Gasteiger partial charge in [0.05, 0.1) is 0 Å². The van der Waals surface area contributed by atoms with E-state index in [0.717, 1.165) is 17.5 Å². The third-order valence-electron chi connectivity index (χ3n) is 4.20. The number of carbonyl (C=O) groups is 1. The van der Waals surface area contributed by atoms with E-state index in [-0.39, 0.29) is 5.91 Å². The lowest BCUT2D eigenvalue weighted by Gasteiger charge is -2.05. The Kier molecular flexibility index (Phi) is 5.34. The van der Waals surface area contributed by atoms with Gasteiger partial charge < -0.3 is 10.3 Å². The molecule has 128 valence electrons. The van der Waals surface area contributed by atoms with Crippen molar-refractivity contribution in [2.45, 2.75) is 20.3 Å². The SMILES string of the molecule is CC(C)C=Cc1ccc(C(=O)NCCc2c[nH]c3ccccc23)cc1. The van der Waals surface area contributed by atoms with E-state index in [1.165, 1.54) is 10.9 Å². The number of nitrogens with one attached hydrogen (secondary N) is 2. The van der Waals surface area contributed by atoms with Crippen LogP contribution >= 0.6 is 0 Å². The number of rotatable bonds is 6. The molecule has 1 aromatic heterocycles. The van der Waals surface area contributed by atoms with E-state index in [0.29, 0.717) is 18.0 Å². The van der Waals surface area contributed by atoms with Gasteiger partial charge in [-0.1, -0.05) is 56.3 Å². The normalized spacial score (nSPS) is 11.5. The van der Waals surface area contributed by atoms with Gasteiger partial charge in [0, 0.05) is 29.2 Å². The zero-order valence-corrected chi connectivity index (χ0v) is 14.8. The molecule has 0 saturated carbocycles. The summed E-state index contributed by atoms with van der Waals surface area (Å²) >= 11 is 0. The third kappa shape index (κ3) is 4.38. The first kappa shape index (κ1) is 17.0. The van der Waals surface area contributed by atoms with Crippen LogP contribution in [-0.2, 0) is 6.42 Å². The average Bonchev–Trinajstić information content (AvgIpc) is 3.03. The molecule has 0 aliphatic rings. The highest BCUT2D eigenvalue weighted by molar-refractivity contribution is 5.94. The van der Waals surface area contributed by atoms with Gasteiger partial charge in [0.2, 0.25) is 0 Å². The first-order chi connectivity index (χ1) is 12.1. The Hall–Kier alpha value is -2.81. The molecule has 0 aliphatic carbocycles. The van der Waals surface area contributed by atoms with E-state index in [1.54, 1.807) is 0 Å². The zero-order valence-electron chi connectivity index (χ0n) is 14.8. The summed E-state index contributed by atoms with van der Waals surface area (Å²) in [5.74, 6) is 0.492. The monoisotopic (exact) mass is 332 g/mol. The molecule has 3 heteroatoms. The molecule has 3 nitrogen and oxygen atoms in total. The second-order valence-corrected chi connectivity index (χ2v) is 6.59. The minimum Gasteiger partial charge on any atom is -0.361 e. The fourth-order valence-corrected chi connectivity index (χ4v) is 2.80. The number of aromatic nitrogens is 1. The third-order valence-corrected chi connectivity index (χ3v) is 4.20. The number of aromatic amines is 1. The van der Waals surface area contributed by atoms with Gasteiger partial charge in [0.1, 0.15) is 0 Å². The molecule has 2 aromatic carbocycles. The van der Waals surface area contributed by atoms with Gasteiger partial charge in [-0.15, -0.1) is 0 Å². The largest absolute Gasteiger partial charge is 0.361 e. The average molecular weight is 332 g/mol. The lowest BCUT2D eigenvalue weighted by atomic mass is 10.1. The van der Waals surface area contributed by atoms with E-state index in [1.807, 2.05) is 42.6 Å². The predicted octanol–water partition coefficient (Wildman–Crippen LogP) is 4.81. The Bertz CT molecular complexity index is 872. The molecule has 3 aromatic rings. The number of H-pyrrole nitrogens is 1. The fourth-order valence-electron chi connectivity index (χ4n) is 2.80. The van der Waals surface area contributed by atoms with Crippen LogP contribution in [0.2, 0.25) is 0 Å². The summed E-state index contributed by atoms with van der Waals surface area (Å²) in [5, 5.41) is 4.22. The highest BCUT2D eigenvalue weighted by atomic mass is 16.1. The number of benzene rings is 2. The van der Waals surface area contributed by atoms with Crippen LogP contribution in [0.15, 0.2) is 60.8 Å². The molecule has 25 heavy (non-hydrogen) atoms. The van der Waals surface area contributed by atoms with E-state index >= 15 is 0 Å². The molecule has 0 atom stereocenters. The molecule has 0 radical (unpaired) electrons.